The minimum absolute atomic E-state index is 0.0157. The van der Waals surface area contributed by atoms with Crippen molar-refractivity contribution in [1.29, 1.82) is 0 Å². The average Bonchev–Trinajstić information content (AvgIpc) is 2.81. The summed E-state index contributed by atoms with van der Waals surface area (Å²) in [7, 11) is 0. The molecular formula is C25H31BrO7. The predicted octanol–water partition coefficient (Wildman–Crippen LogP) is 4.06. The van der Waals surface area contributed by atoms with Crippen LogP contribution in [0.15, 0.2) is 54.6 Å². The van der Waals surface area contributed by atoms with E-state index in [1.54, 1.807) is 50.2 Å². The minimum atomic E-state index is -0.686. The van der Waals surface area contributed by atoms with Crippen LogP contribution < -0.4 is 4.74 Å². The Balaban J connectivity index is 1.44. The Morgan fingerprint density at radius 1 is 0.697 bits per heavy atom. The van der Waals surface area contributed by atoms with E-state index in [0.29, 0.717) is 63.1 Å². The summed E-state index contributed by atoms with van der Waals surface area (Å²) in [6, 6.07) is 16.2. The second-order valence-corrected chi connectivity index (χ2v) is 9.50. The third-order valence-electron chi connectivity index (χ3n) is 4.34. The first-order chi connectivity index (χ1) is 15.9. The van der Waals surface area contributed by atoms with Gasteiger partial charge in [0.05, 0.1) is 39.6 Å². The molecule has 0 N–H and O–H groups in total. The lowest BCUT2D eigenvalue weighted by Gasteiger charge is -2.14. The molecule has 0 bridgehead atoms. The molecule has 0 aliphatic rings. The Labute approximate surface area is 203 Å². The van der Waals surface area contributed by atoms with E-state index >= 15 is 0 Å². The molecule has 0 unspecified atom stereocenters. The molecule has 0 aliphatic heterocycles. The summed E-state index contributed by atoms with van der Waals surface area (Å²) in [4.78, 5) is 23.9. The number of benzene rings is 2. The van der Waals surface area contributed by atoms with Gasteiger partial charge in [-0.05, 0) is 38.1 Å². The first-order valence-corrected chi connectivity index (χ1v) is 11.6. The number of rotatable bonds is 16. The zero-order valence-corrected chi connectivity index (χ0v) is 20.7. The Bertz CT molecular complexity index is 832. The highest BCUT2D eigenvalue weighted by molar-refractivity contribution is 9.10. The van der Waals surface area contributed by atoms with E-state index in [0.717, 1.165) is 0 Å². The Morgan fingerprint density at radius 3 is 1.73 bits per heavy atom. The van der Waals surface area contributed by atoms with E-state index in [1.807, 2.05) is 18.2 Å². The number of carbonyl (C=O) groups is 2. The third-order valence-corrected chi connectivity index (χ3v) is 4.66. The molecule has 2 aromatic rings. The maximum Gasteiger partial charge on any atom is 0.322 e. The largest absolute Gasteiger partial charge is 0.491 e. The van der Waals surface area contributed by atoms with Crippen LogP contribution in [0.4, 0.5) is 0 Å². The van der Waals surface area contributed by atoms with E-state index in [1.165, 1.54) is 0 Å². The van der Waals surface area contributed by atoms with Crippen LogP contribution in [0.2, 0.25) is 0 Å². The average molecular weight is 523 g/mol. The van der Waals surface area contributed by atoms with Gasteiger partial charge in [0.15, 0.2) is 5.78 Å². The van der Waals surface area contributed by atoms with E-state index in [-0.39, 0.29) is 18.4 Å². The number of esters is 1. The maximum absolute atomic E-state index is 12.4. The normalized spacial score (nSPS) is 11.2. The van der Waals surface area contributed by atoms with Gasteiger partial charge < -0.3 is 23.7 Å². The first-order valence-electron chi connectivity index (χ1n) is 10.8. The quantitative estimate of drug-likeness (QED) is 0.142. The molecular weight excluding hydrogens is 492 g/mol. The smallest absolute Gasteiger partial charge is 0.322 e. The first kappa shape index (κ1) is 27.0. The lowest BCUT2D eigenvalue weighted by Crippen LogP contribution is -2.27. The summed E-state index contributed by atoms with van der Waals surface area (Å²) in [5, 5.41) is 0. The van der Waals surface area contributed by atoms with Crippen molar-refractivity contribution in [2.45, 2.75) is 18.2 Å². The summed E-state index contributed by atoms with van der Waals surface area (Å²) in [5.41, 5.74) is 1.28. The molecule has 7 nitrogen and oxygen atoms in total. The lowest BCUT2D eigenvalue weighted by atomic mass is 10.0. The zero-order chi connectivity index (χ0) is 23.9. The van der Waals surface area contributed by atoms with Crippen molar-refractivity contribution in [3.05, 3.63) is 65.7 Å². The molecule has 0 aliphatic carbocycles. The van der Waals surface area contributed by atoms with Gasteiger partial charge in [-0.2, -0.15) is 0 Å². The van der Waals surface area contributed by atoms with Crippen LogP contribution in [-0.4, -0.2) is 68.9 Å². The molecule has 0 saturated heterocycles. The van der Waals surface area contributed by atoms with Crippen molar-refractivity contribution in [2.24, 2.45) is 0 Å². The fourth-order valence-corrected chi connectivity index (χ4v) is 2.70. The molecule has 0 spiro atoms. The van der Waals surface area contributed by atoms with E-state index in [2.05, 4.69) is 15.9 Å². The molecule has 180 valence electrons. The van der Waals surface area contributed by atoms with Gasteiger partial charge in [-0.3, -0.25) is 9.59 Å². The van der Waals surface area contributed by atoms with Crippen molar-refractivity contribution < 1.29 is 33.3 Å². The van der Waals surface area contributed by atoms with Crippen molar-refractivity contribution in [1.82, 2.24) is 0 Å². The molecule has 2 rings (SSSR count). The van der Waals surface area contributed by atoms with Crippen LogP contribution in [0, 0.1) is 0 Å². The Morgan fingerprint density at radius 2 is 1.18 bits per heavy atom. The molecule has 0 radical (unpaired) electrons. The van der Waals surface area contributed by atoms with Gasteiger partial charge in [-0.1, -0.05) is 46.3 Å². The number of alkyl halides is 1. The summed E-state index contributed by atoms with van der Waals surface area (Å²) in [6.07, 6.45) is 0. The molecule has 33 heavy (non-hydrogen) atoms. The maximum atomic E-state index is 12.4. The van der Waals surface area contributed by atoms with E-state index in [9.17, 15) is 9.59 Å². The van der Waals surface area contributed by atoms with Gasteiger partial charge >= 0.3 is 5.97 Å². The summed E-state index contributed by atoms with van der Waals surface area (Å²) in [5.74, 6) is 0.346. The molecule has 0 fully saturated rings. The zero-order valence-electron chi connectivity index (χ0n) is 19.1. The molecule has 2 aromatic carbocycles. The van der Waals surface area contributed by atoms with Gasteiger partial charge in [-0.25, -0.2) is 0 Å². The van der Waals surface area contributed by atoms with E-state index < -0.39 is 4.32 Å². The number of hydrogen-bond donors (Lipinski definition) is 0. The van der Waals surface area contributed by atoms with Crippen LogP contribution in [0.1, 0.15) is 29.8 Å². The summed E-state index contributed by atoms with van der Waals surface area (Å²) < 4.78 is 26.2. The van der Waals surface area contributed by atoms with Gasteiger partial charge in [-0.15, -0.1) is 0 Å². The summed E-state index contributed by atoms with van der Waals surface area (Å²) >= 11 is 3.24. The van der Waals surface area contributed by atoms with Crippen LogP contribution in [0.5, 0.6) is 5.75 Å². The Kier molecular flexibility index (Phi) is 12.1. The predicted molar refractivity (Wildman–Crippen MR) is 128 cm³/mol. The monoisotopic (exact) mass is 522 g/mol. The standard InChI is InChI=1S/C25H31BrO7/c1-25(2,26)24(28)33-19-17-31-15-13-29-12-14-30-16-18-32-22-10-8-21(9-11-22)23(27)20-6-4-3-5-7-20/h3-11H,12-19H2,1-2H3. The van der Waals surface area contributed by atoms with Crippen molar-refractivity contribution >= 4 is 27.7 Å². The number of hydrogen-bond acceptors (Lipinski definition) is 7. The SMILES string of the molecule is CC(C)(Br)C(=O)OCCOCCOCCOCCOc1ccc(C(=O)c2ccccc2)cc1. The van der Waals surface area contributed by atoms with Gasteiger partial charge in [0, 0.05) is 11.1 Å². The van der Waals surface area contributed by atoms with Crippen LogP contribution in [0.3, 0.4) is 0 Å². The highest BCUT2D eigenvalue weighted by atomic mass is 79.9. The number of ketones is 1. The van der Waals surface area contributed by atoms with Gasteiger partial charge in [0.1, 0.15) is 23.3 Å². The minimum Gasteiger partial charge on any atom is -0.491 e. The molecule has 0 heterocycles. The molecule has 0 saturated carbocycles. The van der Waals surface area contributed by atoms with E-state index in [4.69, 9.17) is 23.7 Å². The molecule has 0 aromatic heterocycles. The molecule has 0 amide bonds. The van der Waals surface area contributed by atoms with Crippen molar-refractivity contribution in [3.8, 4) is 5.75 Å². The van der Waals surface area contributed by atoms with Gasteiger partial charge in [0.25, 0.3) is 0 Å². The fourth-order valence-electron chi connectivity index (χ4n) is 2.58. The van der Waals surface area contributed by atoms with Crippen molar-refractivity contribution in [2.75, 3.05) is 52.9 Å². The number of halogens is 1. The van der Waals surface area contributed by atoms with Crippen molar-refractivity contribution in [3.63, 3.8) is 0 Å². The highest BCUT2D eigenvalue weighted by Crippen LogP contribution is 2.17. The molecule has 8 heteroatoms. The topological polar surface area (TPSA) is 80.3 Å². The van der Waals surface area contributed by atoms with Crippen LogP contribution in [0.25, 0.3) is 0 Å². The third kappa shape index (κ3) is 10.9. The van der Waals surface area contributed by atoms with Crippen LogP contribution in [-0.2, 0) is 23.7 Å². The number of carbonyl (C=O) groups excluding carboxylic acids is 2. The van der Waals surface area contributed by atoms with Crippen LogP contribution >= 0.6 is 15.9 Å². The second kappa shape index (κ2) is 14.8. The summed E-state index contributed by atoms with van der Waals surface area (Å²) in [6.45, 7) is 6.58. The second-order valence-electron chi connectivity index (χ2n) is 7.51. The Hall–Kier alpha value is -2.26. The van der Waals surface area contributed by atoms with Gasteiger partial charge in [0.2, 0.25) is 0 Å². The fraction of sp³-hybridized carbons (Fsp3) is 0.440. The lowest BCUT2D eigenvalue weighted by molar-refractivity contribution is -0.147. The highest BCUT2D eigenvalue weighted by Gasteiger charge is 2.25. The molecule has 0 atom stereocenters. The number of ether oxygens (including phenoxy) is 5.